The quantitative estimate of drug-likeness (QED) is 0.108. The normalized spacial score (nSPS) is 11.4. The average Bonchev–Trinajstić information content (AvgIpc) is 3.88. The molecule has 0 fully saturated rings. The van der Waals surface area contributed by atoms with Gasteiger partial charge in [-0.05, 0) is 82.3 Å². The van der Waals surface area contributed by atoms with Crippen LogP contribution in [0.25, 0.3) is 83.4 Å². The molecule has 0 atom stereocenters. The Hall–Kier alpha value is -8.02. The van der Waals surface area contributed by atoms with E-state index in [2.05, 4.69) is 221 Å². The van der Waals surface area contributed by atoms with Gasteiger partial charge in [-0.25, -0.2) is 4.98 Å². The van der Waals surface area contributed by atoms with Crippen LogP contribution in [0.5, 0.6) is 11.5 Å². The molecular formula is C56H40N4O. The van der Waals surface area contributed by atoms with Crippen molar-refractivity contribution in [3.05, 3.63) is 224 Å². The number of aryl methyl sites for hydroxylation is 1. The van der Waals surface area contributed by atoms with Crippen LogP contribution in [0.15, 0.2) is 212 Å². The van der Waals surface area contributed by atoms with Crippen LogP contribution in [-0.2, 0) is 6.42 Å². The topological polar surface area (TPSA) is 35.9 Å². The minimum absolute atomic E-state index is 0.727. The van der Waals surface area contributed by atoms with Crippen LogP contribution >= 0.6 is 0 Å². The van der Waals surface area contributed by atoms with Gasteiger partial charge in [0.05, 0.1) is 33.4 Å². The maximum atomic E-state index is 6.75. The standard InChI is InChI=1S/C56H40N4O/c1-2-39-34-55(57-37-50(39)42-22-10-5-11-23-42)60-51-29-13-12-26-48(51)49-33-32-45(36-54(49)60)61-44-25-16-24-43(35-44)58-38-59(53-31-15-14-30-52(53)58)56-46(40-18-6-3-7-19-40)27-17-28-47(56)41-20-8-4-9-21-41/h3-37H,2H2,1H3. The zero-order valence-corrected chi connectivity index (χ0v) is 33.6. The van der Waals surface area contributed by atoms with Gasteiger partial charge in [0.1, 0.15) is 17.3 Å². The van der Waals surface area contributed by atoms with Gasteiger partial charge in [-0.1, -0.05) is 165 Å². The first-order valence-electron chi connectivity index (χ1n) is 20.8. The Kier molecular flexibility index (Phi) is 9.05. The highest BCUT2D eigenvalue weighted by Crippen LogP contribution is 2.38. The minimum atomic E-state index is 0.727. The van der Waals surface area contributed by atoms with Crippen LogP contribution in [0.3, 0.4) is 0 Å². The predicted molar refractivity (Wildman–Crippen MR) is 248 cm³/mol. The van der Waals surface area contributed by atoms with E-state index in [0.717, 1.165) is 90.4 Å². The molecule has 8 aromatic carbocycles. The first-order chi connectivity index (χ1) is 30.2. The zero-order chi connectivity index (χ0) is 40.7. The lowest BCUT2D eigenvalue weighted by Gasteiger charge is -2.17. The van der Waals surface area contributed by atoms with Gasteiger partial charge in [0.25, 0.3) is 6.33 Å². The number of rotatable bonds is 9. The summed E-state index contributed by atoms with van der Waals surface area (Å²) in [4.78, 5) is 5.07. The van der Waals surface area contributed by atoms with Gasteiger partial charge in [-0.15, -0.1) is 0 Å². The van der Waals surface area contributed by atoms with Crippen LogP contribution in [0.1, 0.15) is 12.5 Å². The van der Waals surface area contributed by atoms with Crippen molar-refractivity contribution in [3.63, 3.8) is 0 Å². The fourth-order valence-corrected chi connectivity index (χ4v) is 8.76. The van der Waals surface area contributed by atoms with Gasteiger partial charge < -0.3 is 4.74 Å². The summed E-state index contributed by atoms with van der Waals surface area (Å²) < 4.78 is 13.4. The van der Waals surface area contributed by atoms with Crippen molar-refractivity contribution >= 4 is 32.8 Å². The molecule has 0 aliphatic heterocycles. The lowest BCUT2D eigenvalue weighted by Crippen LogP contribution is -2.31. The van der Waals surface area contributed by atoms with Gasteiger partial charge in [-0.3, -0.25) is 13.7 Å². The zero-order valence-electron chi connectivity index (χ0n) is 33.6. The molecule has 0 N–H and O–H groups in total. The summed E-state index contributed by atoms with van der Waals surface area (Å²) in [5.41, 5.74) is 14.4. The molecule has 0 saturated heterocycles. The minimum Gasteiger partial charge on any atom is -0.458 e. The van der Waals surface area contributed by atoms with Crippen LogP contribution < -0.4 is 9.30 Å². The van der Waals surface area contributed by atoms with Crippen molar-refractivity contribution in [1.29, 1.82) is 0 Å². The molecule has 0 radical (unpaired) electrons. The molecule has 0 aliphatic rings. The predicted octanol–water partition coefficient (Wildman–Crippen LogP) is 13.6. The van der Waals surface area contributed by atoms with Gasteiger partial charge in [-0.2, -0.15) is 0 Å². The number of fused-ring (bicyclic) bond motifs is 4. The molecule has 3 heterocycles. The number of hydrogen-bond acceptors (Lipinski definition) is 2. The molecule has 0 bridgehead atoms. The van der Waals surface area contributed by atoms with Crippen LogP contribution in [0.2, 0.25) is 0 Å². The Morgan fingerprint density at radius 2 is 1.10 bits per heavy atom. The van der Waals surface area contributed by atoms with Gasteiger partial charge in [0, 0.05) is 28.6 Å². The fraction of sp³-hybridized carbons (Fsp3) is 0.0357. The van der Waals surface area contributed by atoms with E-state index in [4.69, 9.17) is 9.72 Å². The van der Waals surface area contributed by atoms with Crippen molar-refractivity contribution in [1.82, 2.24) is 14.1 Å². The average molecular weight is 785 g/mol. The summed E-state index contributed by atoms with van der Waals surface area (Å²) >= 11 is 0. The summed E-state index contributed by atoms with van der Waals surface area (Å²) in [6, 6.07) is 72.1. The first kappa shape index (κ1) is 36.1. The number of para-hydroxylation sites is 4. The van der Waals surface area contributed by atoms with Crippen LogP contribution in [0.4, 0.5) is 0 Å². The Morgan fingerprint density at radius 1 is 0.508 bits per heavy atom. The van der Waals surface area contributed by atoms with E-state index in [1.165, 1.54) is 16.5 Å². The third-order valence-corrected chi connectivity index (χ3v) is 11.6. The molecule has 11 aromatic rings. The summed E-state index contributed by atoms with van der Waals surface area (Å²) in [5, 5.41) is 2.32. The van der Waals surface area contributed by atoms with E-state index < -0.39 is 0 Å². The monoisotopic (exact) mass is 784 g/mol. The Labute approximate surface area is 354 Å². The molecule has 5 nitrogen and oxygen atoms in total. The van der Waals surface area contributed by atoms with Gasteiger partial charge in [0.2, 0.25) is 0 Å². The van der Waals surface area contributed by atoms with E-state index >= 15 is 0 Å². The molecule has 0 amide bonds. The van der Waals surface area contributed by atoms with Crippen molar-refractivity contribution < 1.29 is 9.30 Å². The SMILES string of the molecule is CCc1cc(-n2c3ccccc3c3ccc(Oc4cccc(-n5[c-][n+](-c6c(-c7ccccc7)cccc6-c6ccccc6)c6ccccc65)c4)cc32)ncc1-c1ccccc1. The Balaban J connectivity index is 1.01. The second-order valence-electron chi connectivity index (χ2n) is 15.2. The number of aromatic nitrogens is 4. The smallest absolute Gasteiger partial charge is 0.269 e. The maximum Gasteiger partial charge on any atom is 0.269 e. The van der Waals surface area contributed by atoms with E-state index in [1.807, 2.05) is 18.3 Å². The third-order valence-electron chi connectivity index (χ3n) is 11.6. The molecule has 3 aromatic heterocycles. The molecule has 0 saturated carbocycles. The molecule has 5 heteroatoms. The lowest BCUT2D eigenvalue weighted by molar-refractivity contribution is -0.571. The van der Waals surface area contributed by atoms with E-state index in [1.54, 1.807) is 0 Å². The van der Waals surface area contributed by atoms with Crippen LogP contribution in [0, 0.1) is 6.33 Å². The Morgan fingerprint density at radius 3 is 1.80 bits per heavy atom. The number of nitrogens with zero attached hydrogens (tertiary/aromatic N) is 4. The highest BCUT2D eigenvalue weighted by atomic mass is 16.5. The number of pyridine rings is 1. The molecular weight excluding hydrogens is 745 g/mol. The number of hydrogen-bond donors (Lipinski definition) is 0. The van der Waals surface area contributed by atoms with Crippen molar-refractivity contribution in [2.45, 2.75) is 13.3 Å². The van der Waals surface area contributed by atoms with Crippen LogP contribution in [-0.4, -0.2) is 14.1 Å². The largest absolute Gasteiger partial charge is 0.458 e. The summed E-state index contributed by atoms with van der Waals surface area (Å²) in [6.07, 6.45) is 6.70. The molecule has 0 aliphatic carbocycles. The van der Waals surface area contributed by atoms with Crippen molar-refractivity contribution in [2.75, 3.05) is 0 Å². The maximum absolute atomic E-state index is 6.75. The van der Waals surface area contributed by atoms with E-state index in [0.29, 0.717) is 0 Å². The molecule has 61 heavy (non-hydrogen) atoms. The third kappa shape index (κ3) is 6.44. The molecule has 11 rings (SSSR count). The fourth-order valence-electron chi connectivity index (χ4n) is 8.76. The number of benzene rings is 8. The summed E-state index contributed by atoms with van der Waals surface area (Å²) in [7, 11) is 0. The highest BCUT2D eigenvalue weighted by molar-refractivity contribution is 6.09. The lowest BCUT2D eigenvalue weighted by atomic mass is 9.95. The number of imidazole rings is 1. The van der Waals surface area contributed by atoms with Gasteiger partial charge >= 0.3 is 0 Å². The summed E-state index contributed by atoms with van der Waals surface area (Å²) in [6.45, 7) is 2.21. The van der Waals surface area contributed by atoms with Gasteiger partial charge in [0.15, 0.2) is 0 Å². The Bertz CT molecular complexity index is 3310. The molecule has 290 valence electrons. The molecule has 0 spiro atoms. The highest BCUT2D eigenvalue weighted by Gasteiger charge is 2.20. The second-order valence-corrected chi connectivity index (χ2v) is 15.2. The molecule has 0 unspecified atom stereocenters. The summed E-state index contributed by atoms with van der Waals surface area (Å²) in [5.74, 6) is 2.35. The van der Waals surface area contributed by atoms with E-state index in [-0.39, 0.29) is 0 Å². The van der Waals surface area contributed by atoms with Crippen molar-refractivity contribution in [3.8, 4) is 62.1 Å². The second kappa shape index (κ2) is 15.3. The number of ether oxygens (including phenoxy) is 1. The first-order valence-corrected chi connectivity index (χ1v) is 20.8. The van der Waals surface area contributed by atoms with Crippen molar-refractivity contribution in [2.24, 2.45) is 0 Å². The van der Waals surface area contributed by atoms with E-state index in [9.17, 15) is 0 Å².